The SMILES string of the molecule is CC1C=CC(c2ccoc2)=[C]1[Zr+2](=[C]1CCCCC1)[c]1cc(C(C)(C)C)cc2c1Cc1ccc(C(C)(C)C)cc1-2.[Cl-].[Cl-]. The largest absolute Gasteiger partial charge is 1.00 e. The number of fused-ring (bicyclic) bond motifs is 3. The van der Waals surface area contributed by atoms with E-state index in [9.17, 15) is 0 Å². The van der Waals surface area contributed by atoms with Crippen LogP contribution in [0.1, 0.15) is 108 Å². The van der Waals surface area contributed by atoms with Crippen molar-refractivity contribution in [3.63, 3.8) is 0 Å². The van der Waals surface area contributed by atoms with E-state index in [-0.39, 0.29) is 35.6 Å². The molecule has 0 N–H and O–H groups in total. The van der Waals surface area contributed by atoms with Crippen molar-refractivity contribution < 1.29 is 50.5 Å². The zero-order valence-corrected chi connectivity index (χ0v) is 29.7. The average molecular weight is 667 g/mol. The predicted octanol–water partition coefficient (Wildman–Crippen LogP) is 3.45. The number of halogens is 2. The molecular weight excluding hydrogens is 623 g/mol. The fraction of sp³-hybridized carbons (Fsp3) is 0.432. The third-order valence-electron chi connectivity index (χ3n) is 9.23. The molecule has 3 aliphatic carbocycles. The molecule has 216 valence electrons. The Balaban J connectivity index is 0.00000194. The summed E-state index contributed by atoms with van der Waals surface area (Å²) < 4.78 is 11.1. The molecule has 1 atom stereocenters. The Kier molecular flexibility index (Phi) is 9.70. The first-order chi connectivity index (χ1) is 18.5. The van der Waals surface area contributed by atoms with Crippen LogP contribution in [0.15, 0.2) is 68.8 Å². The molecule has 0 saturated heterocycles. The van der Waals surface area contributed by atoms with E-state index in [0.717, 1.165) is 6.42 Å². The van der Waals surface area contributed by atoms with Gasteiger partial charge in [0.15, 0.2) is 0 Å². The topological polar surface area (TPSA) is 13.1 Å². The third-order valence-corrected chi connectivity index (χ3v) is 17.7. The molecule has 1 heterocycles. The number of hydrogen-bond donors (Lipinski definition) is 0. The Morgan fingerprint density at radius 1 is 0.805 bits per heavy atom. The molecule has 4 heteroatoms. The molecule has 41 heavy (non-hydrogen) atoms. The third kappa shape index (κ3) is 6.14. The second-order valence-electron chi connectivity index (χ2n) is 14.1. The Labute approximate surface area is 267 Å². The van der Waals surface area contributed by atoms with Gasteiger partial charge in [0.05, 0.1) is 0 Å². The maximum absolute atomic E-state index is 5.61. The summed E-state index contributed by atoms with van der Waals surface area (Å²) in [7, 11) is 0. The monoisotopic (exact) mass is 664 g/mol. The molecule has 1 nitrogen and oxygen atoms in total. The molecule has 0 spiro atoms. The number of furan rings is 1. The Morgan fingerprint density at radius 3 is 2.12 bits per heavy atom. The van der Waals surface area contributed by atoms with Crippen LogP contribution in [0.4, 0.5) is 0 Å². The fourth-order valence-electron chi connectivity index (χ4n) is 6.86. The van der Waals surface area contributed by atoms with Gasteiger partial charge in [-0.3, -0.25) is 0 Å². The Hall–Kier alpha value is -1.47. The number of hydrogen-bond acceptors (Lipinski definition) is 1. The van der Waals surface area contributed by atoms with E-state index in [4.69, 9.17) is 4.42 Å². The maximum Gasteiger partial charge on any atom is -1.00 e. The fourth-order valence-corrected chi connectivity index (χ4v) is 16.1. The van der Waals surface area contributed by atoms with Crippen LogP contribution in [0.3, 0.4) is 0 Å². The summed E-state index contributed by atoms with van der Waals surface area (Å²) in [5, 5.41) is 0. The van der Waals surface area contributed by atoms with Crippen LogP contribution in [0.25, 0.3) is 16.7 Å². The van der Waals surface area contributed by atoms with E-state index in [0.29, 0.717) is 5.92 Å². The first kappa shape index (κ1) is 32.4. The number of allylic oxidation sites excluding steroid dienone is 4. The van der Waals surface area contributed by atoms with Gasteiger partial charge < -0.3 is 24.8 Å². The maximum atomic E-state index is 5.61. The summed E-state index contributed by atoms with van der Waals surface area (Å²) in [6.07, 6.45) is 16.5. The van der Waals surface area contributed by atoms with Gasteiger partial charge in [-0.25, -0.2) is 0 Å². The van der Waals surface area contributed by atoms with Crippen LogP contribution >= 0.6 is 0 Å². The van der Waals surface area contributed by atoms with Crippen molar-refractivity contribution in [2.75, 3.05) is 0 Å². The van der Waals surface area contributed by atoms with Crippen molar-refractivity contribution in [2.24, 2.45) is 5.92 Å². The first-order valence-electron chi connectivity index (χ1n) is 15.0. The van der Waals surface area contributed by atoms with Crippen molar-refractivity contribution in [2.45, 2.75) is 97.8 Å². The predicted molar refractivity (Wildman–Crippen MR) is 164 cm³/mol. The zero-order chi connectivity index (χ0) is 27.5. The van der Waals surface area contributed by atoms with Crippen LogP contribution in [0.5, 0.6) is 0 Å². The minimum absolute atomic E-state index is 0. The van der Waals surface area contributed by atoms with Gasteiger partial charge in [-0.15, -0.1) is 0 Å². The van der Waals surface area contributed by atoms with Crippen LogP contribution in [0, 0.1) is 5.92 Å². The Bertz CT molecular complexity index is 1520. The van der Waals surface area contributed by atoms with E-state index >= 15 is 0 Å². The van der Waals surface area contributed by atoms with E-state index in [1.54, 1.807) is 12.1 Å². The first-order valence-corrected chi connectivity index (χ1v) is 18.7. The molecule has 1 unspecified atom stereocenters. The summed E-state index contributed by atoms with van der Waals surface area (Å²) in [5.74, 6) is 0.504. The minimum atomic E-state index is -2.44. The van der Waals surface area contributed by atoms with Gasteiger partial charge >= 0.3 is 245 Å². The van der Waals surface area contributed by atoms with Crippen LogP contribution < -0.4 is 28.1 Å². The van der Waals surface area contributed by atoms with Gasteiger partial charge in [0.1, 0.15) is 0 Å². The van der Waals surface area contributed by atoms with Crippen molar-refractivity contribution in [1.29, 1.82) is 0 Å². The van der Waals surface area contributed by atoms with Crippen molar-refractivity contribution >= 4 is 12.1 Å². The molecule has 3 aromatic rings. The molecule has 3 aliphatic rings. The molecular formula is C37H44Cl2OZr. The van der Waals surface area contributed by atoms with Gasteiger partial charge in [-0.05, 0) is 0 Å². The van der Waals surface area contributed by atoms with Crippen LogP contribution in [-0.4, -0.2) is 3.21 Å². The minimum Gasteiger partial charge on any atom is -1.00 e. The van der Waals surface area contributed by atoms with Gasteiger partial charge in [0.25, 0.3) is 0 Å². The van der Waals surface area contributed by atoms with Gasteiger partial charge in [0.2, 0.25) is 0 Å². The van der Waals surface area contributed by atoms with Crippen molar-refractivity contribution in [3.8, 4) is 11.1 Å². The van der Waals surface area contributed by atoms with E-state index in [1.165, 1.54) is 71.1 Å². The zero-order valence-electron chi connectivity index (χ0n) is 25.8. The summed E-state index contributed by atoms with van der Waals surface area (Å²) in [6.45, 7) is 16.6. The molecule has 1 saturated carbocycles. The molecule has 0 aliphatic heterocycles. The molecule has 2 aromatic carbocycles. The van der Waals surface area contributed by atoms with Gasteiger partial charge in [0, 0.05) is 0 Å². The average Bonchev–Trinajstić information content (AvgIpc) is 3.63. The molecule has 0 radical (unpaired) electrons. The number of benzene rings is 2. The smallest absolute Gasteiger partial charge is 1.00 e. The van der Waals surface area contributed by atoms with Crippen LogP contribution in [-0.2, 0) is 38.5 Å². The quantitative estimate of drug-likeness (QED) is 0.327. The van der Waals surface area contributed by atoms with Gasteiger partial charge in [-0.1, -0.05) is 0 Å². The van der Waals surface area contributed by atoms with Crippen molar-refractivity contribution in [1.82, 2.24) is 0 Å². The molecule has 0 amide bonds. The number of rotatable bonds is 3. The summed E-state index contributed by atoms with van der Waals surface area (Å²) in [5.41, 5.74) is 12.1. The van der Waals surface area contributed by atoms with Crippen molar-refractivity contribution in [3.05, 3.63) is 92.2 Å². The molecule has 1 fully saturated rings. The molecule has 0 bridgehead atoms. The molecule has 6 rings (SSSR count). The van der Waals surface area contributed by atoms with Gasteiger partial charge in [-0.2, -0.15) is 0 Å². The summed E-state index contributed by atoms with van der Waals surface area (Å²) >= 11 is -2.44. The normalized spacial score (nSPS) is 17.9. The molecule has 1 aromatic heterocycles. The second kappa shape index (κ2) is 12.3. The Morgan fingerprint density at radius 2 is 1.49 bits per heavy atom. The van der Waals surface area contributed by atoms with Crippen LogP contribution in [0.2, 0.25) is 0 Å². The second-order valence-corrected chi connectivity index (χ2v) is 20.4. The standard InChI is InChI=1S/C21H25.C10H9O.C6H10.2ClH.Zr/c1-20(2,3)16-9-7-14-11-15-8-10-17(21(4,5)6)13-19(15)18(14)12-16;1-8-2-3-9(6-8)10-4-5-11-7-10;1-2-4-6-5-3-1;;;/h7,9-10,12-13H,11H2,1-6H3;2-5,7-8H,1H3;1-5H2;2*1H;/q;;;;;+2/p-2. The van der Waals surface area contributed by atoms with E-state index in [2.05, 4.69) is 97.0 Å². The van der Waals surface area contributed by atoms with E-state index < -0.39 is 21.3 Å². The summed E-state index contributed by atoms with van der Waals surface area (Å²) in [4.78, 5) is 0. The van der Waals surface area contributed by atoms with E-state index in [1.807, 2.05) is 15.7 Å². The summed E-state index contributed by atoms with van der Waals surface area (Å²) in [6, 6.07) is 14.8.